The number of hydrogen-bond acceptors (Lipinski definition) is 2. The van der Waals surface area contributed by atoms with Crippen molar-refractivity contribution < 1.29 is 4.79 Å². The van der Waals surface area contributed by atoms with Crippen LogP contribution in [0.3, 0.4) is 0 Å². The predicted octanol–water partition coefficient (Wildman–Crippen LogP) is 5.38. The van der Waals surface area contributed by atoms with Gasteiger partial charge in [0.15, 0.2) is 0 Å². The molecular weight excluding hydrogens is 302 g/mol. The fourth-order valence-corrected chi connectivity index (χ4v) is 3.42. The summed E-state index contributed by atoms with van der Waals surface area (Å²) < 4.78 is 0. The molecule has 0 bridgehead atoms. The third-order valence-electron chi connectivity index (χ3n) is 3.69. The monoisotopic (exact) mass is 327 g/mol. The highest BCUT2D eigenvalue weighted by Crippen LogP contribution is 2.27. The molecule has 0 fully saturated rings. The molecule has 0 aliphatic rings. The van der Waals surface area contributed by atoms with Gasteiger partial charge in [-0.1, -0.05) is 62.7 Å². The third-order valence-corrected chi connectivity index (χ3v) is 4.77. The maximum Gasteiger partial charge on any atom is 0.252 e. The van der Waals surface area contributed by atoms with E-state index in [0.29, 0.717) is 5.25 Å². The largest absolute Gasteiger partial charge is 0.345 e. The lowest BCUT2D eigenvalue weighted by Gasteiger charge is -2.19. The lowest BCUT2D eigenvalue weighted by molar-refractivity contribution is 0.0932. The van der Waals surface area contributed by atoms with E-state index in [0.717, 1.165) is 22.4 Å². The first-order chi connectivity index (χ1) is 11.0. The van der Waals surface area contributed by atoms with E-state index in [2.05, 4.69) is 57.3 Å². The molecule has 2 aromatic carbocycles. The Morgan fingerprint density at radius 2 is 1.74 bits per heavy atom. The number of carbonyl (C=O) groups is 1. The molecule has 0 saturated carbocycles. The minimum Gasteiger partial charge on any atom is -0.345 e. The summed E-state index contributed by atoms with van der Waals surface area (Å²) in [4.78, 5) is 13.8. The second-order valence-electron chi connectivity index (χ2n) is 6.01. The number of hydrogen-bond donors (Lipinski definition) is 1. The molecule has 2 nitrogen and oxygen atoms in total. The number of amides is 1. The Kier molecular flexibility index (Phi) is 6.28. The summed E-state index contributed by atoms with van der Waals surface area (Å²) in [5.41, 5.74) is 3.14. The molecule has 122 valence electrons. The third kappa shape index (κ3) is 4.87. The van der Waals surface area contributed by atoms with Crippen LogP contribution in [0.1, 0.15) is 54.7 Å². The van der Waals surface area contributed by atoms with Gasteiger partial charge in [-0.05, 0) is 31.0 Å². The van der Waals surface area contributed by atoms with Crippen LogP contribution in [-0.4, -0.2) is 11.2 Å². The molecule has 0 saturated heterocycles. The first-order valence-corrected chi connectivity index (χ1v) is 9.02. The number of carbonyl (C=O) groups excluding carboxylic acids is 1. The van der Waals surface area contributed by atoms with Gasteiger partial charge < -0.3 is 5.32 Å². The summed E-state index contributed by atoms with van der Waals surface area (Å²) in [6.45, 7) is 8.45. The van der Waals surface area contributed by atoms with Crippen molar-refractivity contribution in [2.75, 3.05) is 0 Å². The maximum atomic E-state index is 12.7. The van der Waals surface area contributed by atoms with Gasteiger partial charge in [-0.2, -0.15) is 0 Å². The molecule has 23 heavy (non-hydrogen) atoms. The molecule has 3 heteroatoms. The zero-order chi connectivity index (χ0) is 16.8. The Hall–Kier alpha value is -1.74. The van der Waals surface area contributed by atoms with Gasteiger partial charge in [0.1, 0.15) is 0 Å². The van der Waals surface area contributed by atoms with Gasteiger partial charge in [0.2, 0.25) is 0 Å². The second-order valence-corrected chi connectivity index (χ2v) is 7.63. The van der Waals surface area contributed by atoms with Crippen molar-refractivity contribution >= 4 is 17.7 Å². The molecule has 0 aromatic heterocycles. The summed E-state index contributed by atoms with van der Waals surface area (Å²) in [6.07, 6.45) is 0.869. The smallest absolute Gasteiger partial charge is 0.252 e. The molecule has 0 heterocycles. The zero-order valence-corrected chi connectivity index (χ0v) is 15.1. The van der Waals surface area contributed by atoms with Crippen molar-refractivity contribution in [3.8, 4) is 0 Å². The highest BCUT2D eigenvalue weighted by atomic mass is 32.2. The first-order valence-electron chi connectivity index (χ1n) is 8.14. The number of benzene rings is 2. The van der Waals surface area contributed by atoms with Crippen molar-refractivity contribution in [2.45, 2.75) is 50.3 Å². The van der Waals surface area contributed by atoms with Crippen molar-refractivity contribution in [1.82, 2.24) is 5.32 Å². The topological polar surface area (TPSA) is 29.1 Å². The average molecular weight is 327 g/mol. The van der Waals surface area contributed by atoms with Gasteiger partial charge in [-0.3, -0.25) is 4.79 Å². The normalized spacial score (nSPS) is 12.2. The summed E-state index contributed by atoms with van der Waals surface area (Å²) in [7, 11) is 0. The number of thioether (sulfide) groups is 1. The summed E-state index contributed by atoms with van der Waals surface area (Å²) in [5.74, 6) is 0.00109. The molecular formula is C20H25NOS. The van der Waals surface area contributed by atoms with Crippen LogP contribution in [0.4, 0.5) is 0 Å². The van der Waals surface area contributed by atoms with Crippen LogP contribution in [-0.2, 0) is 0 Å². The number of rotatable bonds is 6. The molecule has 2 rings (SSSR count). The van der Waals surface area contributed by atoms with Crippen LogP contribution in [0.15, 0.2) is 53.4 Å². The molecule has 0 unspecified atom stereocenters. The van der Waals surface area contributed by atoms with E-state index in [9.17, 15) is 4.79 Å². The molecule has 1 atom stereocenters. The van der Waals surface area contributed by atoms with E-state index in [1.807, 2.05) is 24.3 Å². The SMILES string of the molecule is CC[C@@H](NC(=O)c1ccccc1SC(C)C)c1ccc(C)cc1. The Labute approximate surface area is 143 Å². The lowest BCUT2D eigenvalue weighted by atomic mass is 10.0. The van der Waals surface area contributed by atoms with E-state index in [4.69, 9.17) is 0 Å². The van der Waals surface area contributed by atoms with Gasteiger partial charge in [0.25, 0.3) is 5.91 Å². The van der Waals surface area contributed by atoms with E-state index >= 15 is 0 Å². The lowest BCUT2D eigenvalue weighted by Crippen LogP contribution is -2.28. The maximum absolute atomic E-state index is 12.7. The van der Waals surface area contributed by atoms with E-state index in [-0.39, 0.29) is 11.9 Å². The molecule has 0 aliphatic carbocycles. The molecule has 2 aromatic rings. The van der Waals surface area contributed by atoms with Crippen LogP contribution in [0.5, 0.6) is 0 Å². The zero-order valence-electron chi connectivity index (χ0n) is 14.3. The second kappa shape index (κ2) is 8.21. The minimum atomic E-state index is 0.00109. The van der Waals surface area contributed by atoms with Crippen LogP contribution < -0.4 is 5.32 Å². The molecule has 0 radical (unpaired) electrons. The van der Waals surface area contributed by atoms with Crippen molar-refractivity contribution in [3.63, 3.8) is 0 Å². The van der Waals surface area contributed by atoms with Gasteiger partial charge in [-0.15, -0.1) is 11.8 Å². The summed E-state index contributed by atoms with van der Waals surface area (Å²) in [6, 6.07) is 16.2. The van der Waals surface area contributed by atoms with Gasteiger partial charge >= 0.3 is 0 Å². The van der Waals surface area contributed by atoms with Crippen molar-refractivity contribution in [2.24, 2.45) is 0 Å². The summed E-state index contributed by atoms with van der Waals surface area (Å²) >= 11 is 1.73. The van der Waals surface area contributed by atoms with Crippen molar-refractivity contribution in [1.29, 1.82) is 0 Å². The van der Waals surface area contributed by atoms with Crippen LogP contribution in [0, 0.1) is 6.92 Å². The fraction of sp³-hybridized carbons (Fsp3) is 0.350. The van der Waals surface area contributed by atoms with Crippen molar-refractivity contribution in [3.05, 3.63) is 65.2 Å². The first kappa shape index (κ1) is 17.6. The van der Waals surface area contributed by atoms with E-state index in [1.165, 1.54) is 5.56 Å². The standard InChI is InChI=1S/C20H25NOS/c1-5-18(16-12-10-15(4)11-13-16)21-20(22)17-8-6-7-9-19(17)23-14(2)3/h6-14,18H,5H2,1-4H3,(H,21,22)/t18-/m1/s1. The van der Waals surface area contributed by atoms with E-state index in [1.54, 1.807) is 11.8 Å². The minimum absolute atomic E-state index is 0.00109. The Bertz CT molecular complexity index is 649. The quantitative estimate of drug-likeness (QED) is 0.722. The average Bonchev–Trinajstić information content (AvgIpc) is 2.53. The molecule has 1 amide bonds. The summed E-state index contributed by atoms with van der Waals surface area (Å²) in [5, 5.41) is 3.63. The van der Waals surface area contributed by atoms with Crippen LogP contribution >= 0.6 is 11.8 Å². The Morgan fingerprint density at radius 1 is 1.09 bits per heavy atom. The van der Waals surface area contributed by atoms with Gasteiger partial charge in [0.05, 0.1) is 11.6 Å². The molecule has 1 N–H and O–H groups in total. The highest BCUT2D eigenvalue weighted by Gasteiger charge is 2.17. The van der Waals surface area contributed by atoms with E-state index < -0.39 is 0 Å². The number of aryl methyl sites for hydroxylation is 1. The van der Waals surface area contributed by atoms with Gasteiger partial charge in [0, 0.05) is 10.1 Å². The highest BCUT2D eigenvalue weighted by molar-refractivity contribution is 8.00. The molecule has 0 spiro atoms. The van der Waals surface area contributed by atoms with Crippen LogP contribution in [0.2, 0.25) is 0 Å². The van der Waals surface area contributed by atoms with Crippen LogP contribution in [0.25, 0.3) is 0 Å². The Morgan fingerprint density at radius 3 is 2.35 bits per heavy atom. The predicted molar refractivity (Wildman–Crippen MR) is 99.1 cm³/mol. The fourth-order valence-electron chi connectivity index (χ4n) is 2.47. The number of nitrogens with one attached hydrogen (secondary N) is 1. The van der Waals surface area contributed by atoms with Gasteiger partial charge in [-0.25, -0.2) is 0 Å². The Balaban J connectivity index is 2.18. The molecule has 0 aliphatic heterocycles.